The number of benzene rings is 3. The van der Waals surface area contributed by atoms with Crippen LogP contribution in [0.3, 0.4) is 0 Å². The Morgan fingerprint density at radius 3 is 2.61 bits per heavy atom. The summed E-state index contributed by atoms with van der Waals surface area (Å²) in [6.45, 7) is 3.08. The van der Waals surface area contributed by atoms with Gasteiger partial charge in [0.15, 0.2) is 0 Å². The van der Waals surface area contributed by atoms with Crippen LogP contribution >= 0.6 is 11.6 Å². The van der Waals surface area contributed by atoms with E-state index in [0.29, 0.717) is 29.5 Å². The molecule has 0 fully saturated rings. The van der Waals surface area contributed by atoms with Gasteiger partial charge in [0, 0.05) is 41.5 Å². The minimum absolute atomic E-state index is 0.0586. The summed E-state index contributed by atoms with van der Waals surface area (Å²) < 4.78 is 5.78. The number of carbonyl (C=O) groups is 1. The van der Waals surface area contributed by atoms with E-state index in [1.54, 1.807) is 12.1 Å². The number of amides is 1. The van der Waals surface area contributed by atoms with Gasteiger partial charge in [-0.3, -0.25) is 4.79 Å². The van der Waals surface area contributed by atoms with Gasteiger partial charge in [-0.1, -0.05) is 48.0 Å². The fourth-order valence-corrected chi connectivity index (χ4v) is 4.09. The number of nitrogens with zero attached hydrogens (tertiary/aromatic N) is 1. The number of anilines is 1. The second kappa shape index (κ2) is 10.4. The highest BCUT2D eigenvalue weighted by atomic mass is 35.5. The van der Waals surface area contributed by atoms with Crippen molar-refractivity contribution in [2.75, 3.05) is 24.5 Å². The maximum Gasteiger partial charge on any atom is 0.251 e. The van der Waals surface area contributed by atoms with Gasteiger partial charge in [0.05, 0.1) is 0 Å². The van der Waals surface area contributed by atoms with E-state index in [0.717, 1.165) is 31.5 Å². The highest BCUT2D eigenvalue weighted by Crippen LogP contribution is 2.26. The van der Waals surface area contributed by atoms with Crippen molar-refractivity contribution in [2.45, 2.75) is 25.9 Å². The van der Waals surface area contributed by atoms with Crippen LogP contribution in [0.1, 0.15) is 34.3 Å². The summed E-state index contributed by atoms with van der Waals surface area (Å²) >= 11 is 6.16. The number of hydrogen-bond donors (Lipinski definition) is 1. The van der Waals surface area contributed by atoms with Gasteiger partial charge in [-0.2, -0.15) is 0 Å². The lowest BCUT2D eigenvalue weighted by atomic mass is 10.0. The molecule has 4 nitrogen and oxygen atoms in total. The Bertz CT molecular complexity index is 1020. The van der Waals surface area contributed by atoms with E-state index in [-0.39, 0.29) is 5.91 Å². The van der Waals surface area contributed by atoms with E-state index in [9.17, 15) is 4.79 Å². The SMILES string of the molecule is O=C(NCCCN1CCCc2ccccc21)c1ccc(OCc2ccccc2Cl)cc1. The zero-order valence-electron chi connectivity index (χ0n) is 17.5. The number of ether oxygens (including phenoxy) is 1. The molecule has 160 valence electrons. The molecule has 1 aliphatic heterocycles. The van der Waals surface area contributed by atoms with Crippen LogP contribution in [-0.2, 0) is 13.0 Å². The number of carbonyl (C=O) groups excluding carboxylic acids is 1. The molecule has 3 aromatic carbocycles. The number of aryl methyl sites for hydroxylation is 1. The molecule has 4 rings (SSSR count). The Hall–Kier alpha value is -2.98. The van der Waals surface area contributed by atoms with Crippen LogP contribution in [0.25, 0.3) is 0 Å². The van der Waals surface area contributed by atoms with Crippen LogP contribution in [0, 0.1) is 0 Å². The monoisotopic (exact) mass is 434 g/mol. The first kappa shape index (κ1) is 21.3. The predicted molar refractivity (Wildman–Crippen MR) is 126 cm³/mol. The molecule has 0 spiro atoms. The standard InChI is InChI=1S/C26H27ClN2O2/c27-24-10-3-1-8-22(24)19-31-23-14-12-21(13-15-23)26(30)28-16-6-18-29-17-5-9-20-7-2-4-11-25(20)29/h1-4,7-8,10-15H,5-6,9,16-19H2,(H,28,30). The molecule has 1 aliphatic rings. The Balaban J connectivity index is 1.22. The summed E-state index contributed by atoms with van der Waals surface area (Å²) in [5.41, 5.74) is 4.33. The summed E-state index contributed by atoms with van der Waals surface area (Å²) in [5.74, 6) is 0.650. The molecule has 3 aromatic rings. The summed E-state index contributed by atoms with van der Waals surface area (Å²) in [6, 6.07) is 23.4. The molecule has 1 N–H and O–H groups in total. The quantitative estimate of drug-likeness (QED) is 0.476. The molecule has 0 atom stereocenters. The average molecular weight is 435 g/mol. The summed E-state index contributed by atoms with van der Waals surface area (Å²) in [6.07, 6.45) is 3.26. The Labute approximate surface area is 188 Å². The van der Waals surface area contributed by atoms with E-state index in [1.165, 1.54) is 17.7 Å². The Morgan fingerprint density at radius 2 is 1.77 bits per heavy atom. The van der Waals surface area contributed by atoms with Crippen molar-refractivity contribution in [1.29, 1.82) is 0 Å². The molecule has 31 heavy (non-hydrogen) atoms. The molecule has 0 unspecified atom stereocenters. The third-order valence-electron chi connectivity index (χ3n) is 5.57. The molecule has 1 amide bonds. The van der Waals surface area contributed by atoms with Crippen molar-refractivity contribution in [1.82, 2.24) is 5.32 Å². The lowest BCUT2D eigenvalue weighted by Crippen LogP contribution is -2.33. The van der Waals surface area contributed by atoms with Gasteiger partial charge in [-0.25, -0.2) is 0 Å². The van der Waals surface area contributed by atoms with E-state index in [2.05, 4.69) is 34.5 Å². The number of rotatable bonds is 8. The third-order valence-corrected chi connectivity index (χ3v) is 5.93. The summed E-state index contributed by atoms with van der Waals surface area (Å²) in [5, 5.41) is 3.71. The topological polar surface area (TPSA) is 41.6 Å². The third kappa shape index (κ3) is 5.59. The van der Waals surface area contributed by atoms with Crippen LogP contribution in [0.4, 0.5) is 5.69 Å². The van der Waals surface area contributed by atoms with Gasteiger partial charge in [0.25, 0.3) is 5.91 Å². The smallest absolute Gasteiger partial charge is 0.251 e. The number of para-hydroxylation sites is 1. The highest BCUT2D eigenvalue weighted by Gasteiger charge is 2.15. The van der Waals surface area contributed by atoms with Crippen LogP contribution in [0.15, 0.2) is 72.8 Å². The normalized spacial score (nSPS) is 12.9. The fourth-order valence-electron chi connectivity index (χ4n) is 3.90. The first-order chi connectivity index (χ1) is 15.2. The van der Waals surface area contributed by atoms with Crippen molar-refractivity contribution in [2.24, 2.45) is 0 Å². The predicted octanol–water partition coefficient (Wildman–Crippen LogP) is 5.49. The molecular formula is C26H27ClN2O2. The molecule has 0 bridgehead atoms. The van der Waals surface area contributed by atoms with Crippen LogP contribution in [0.2, 0.25) is 5.02 Å². The van der Waals surface area contributed by atoms with Crippen molar-refractivity contribution < 1.29 is 9.53 Å². The molecule has 1 heterocycles. The van der Waals surface area contributed by atoms with Crippen LogP contribution < -0.4 is 15.0 Å². The van der Waals surface area contributed by atoms with E-state index in [4.69, 9.17) is 16.3 Å². The lowest BCUT2D eigenvalue weighted by molar-refractivity contribution is 0.0953. The summed E-state index contributed by atoms with van der Waals surface area (Å²) in [7, 11) is 0. The van der Waals surface area contributed by atoms with E-state index in [1.807, 2.05) is 36.4 Å². The molecule has 0 aromatic heterocycles. The average Bonchev–Trinajstić information content (AvgIpc) is 2.81. The summed E-state index contributed by atoms with van der Waals surface area (Å²) in [4.78, 5) is 14.9. The van der Waals surface area contributed by atoms with Crippen LogP contribution in [-0.4, -0.2) is 25.5 Å². The number of nitrogens with one attached hydrogen (secondary N) is 1. The zero-order chi connectivity index (χ0) is 21.5. The molecule has 0 saturated carbocycles. The number of hydrogen-bond acceptors (Lipinski definition) is 3. The maximum atomic E-state index is 12.4. The molecular weight excluding hydrogens is 408 g/mol. The van der Waals surface area contributed by atoms with Crippen molar-refractivity contribution in [3.63, 3.8) is 0 Å². The van der Waals surface area contributed by atoms with E-state index >= 15 is 0 Å². The number of halogens is 1. The molecule has 5 heteroatoms. The second-order valence-electron chi connectivity index (χ2n) is 7.73. The van der Waals surface area contributed by atoms with Gasteiger partial charge in [-0.15, -0.1) is 0 Å². The lowest BCUT2D eigenvalue weighted by Gasteiger charge is -2.31. The first-order valence-electron chi connectivity index (χ1n) is 10.8. The van der Waals surface area contributed by atoms with Gasteiger partial charge in [-0.05, 0) is 61.2 Å². The highest BCUT2D eigenvalue weighted by molar-refractivity contribution is 6.31. The maximum absolute atomic E-state index is 12.4. The van der Waals surface area contributed by atoms with E-state index < -0.39 is 0 Å². The minimum atomic E-state index is -0.0586. The van der Waals surface area contributed by atoms with Gasteiger partial charge in [0.2, 0.25) is 0 Å². The Morgan fingerprint density at radius 1 is 1.00 bits per heavy atom. The fraction of sp³-hybridized carbons (Fsp3) is 0.269. The molecule has 0 saturated heterocycles. The second-order valence-corrected chi connectivity index (χ2v) is 8.14. The first-order valence-corrected chi connectivity index (χ1v) is 11.2. The van der Waals surface area contributed by atoms with Gasteiger partial charge in [0.1, 0.15) is 12.4 Å². The number of fused-ring (bicyclic) bond motifs is 1. The van der Waals surface area contributed by atoms with Crippen molar-refractivity contribution in [3.05, 3.63) is 94.5 Å². The minimum Gasteiger partial charge on any atom is -0.489 e. The largest absolute Gasteiger partial charge is 0.489 e. The molecule has 0 radical (unpaired) electrons. The van der Waals surface area contributed by atoms with Gasteiger partial charge >= 0.3 is 0 Å². The van der Waals surface area contributed by atoms with Crippen molar-refractivity contribution >= 4 is 23.2 Å². The Kier molecular flexibility index (Phi) is 7.11. The van der Waals surface area contributed by atoms with Crippen molar-refractivity contribution in [3.8, 4) is 5.75 Å². The van der Waals surface area contributed by atoms with Gasteiger partial charge < -0.3 is 15.0 Å². The van der Waals surface area contributed by atoms with Crippen LogP contribution in [0.5, 0.6) is 5.75 Å². The molecule has 0 aliphatic carbocycles. The zero-order valence-corrected chi connectivity index (χ0v) is 18.3.